The number of nitrogens with two attached hydrogens (primary N) is 1. The molecule has 4 rings (SSSR count). The van der Waals surface area contributed by atoms with Crippen molar-refractivity contribution in [1.82, 2.24) is 15.3 Å². The van der Waals surface area contributed by atoms with Gasteiger partial charge in [-0.3, -0.25) is 14.6 Å². The lowest BCUT2D eigenvalue weighted by Gasteiger charge is -2.08. The molecule has 0 aliphatic heterocycles. The third kappa shape index (κ3) is 6.64. The van der Waals surface area contributed by atoms with Crippen molar-refractivity contribution in [1.29, 1.82) is 0 Å². The summed E-state index contributed by atoms with van der Waals surface area (Å²) in [7, 11) is 1.56. The molecule has 6 nitrogen and oxygen atoms in total. The minimum Gasteiger partial charge on any atom is -0.370 e. The zero-order chi connectivity index (χ0) is 23.7. The Bertz CT molecular complexity index is 1060. The largest absolute Gasteiger partial charge is 0.370 e. The topological polar surface area (TPSA) is 101 Å². The number of fused-ring (bicyclic) bond motifs is 1. The van der Waals surface area contributed by atoms with E-state index in [2.05, 4.69) is 27.9 Å². The number of halogens is 1. The van der Waals surface area contributed by atoms with E-state index in [9.17, 15) is 14.0 Å². The molecule has 2 aromatic heterocycles. The first-order valence-corrected chi connectivity index (χ1v) is 11.0. The number of primary amides is 1. The number of aromatic amines is 1. The highest BCUT2D eigenvalue weighted by Gasteiger charge is 2.14. The third-order valence-corrected chi connectivity index (χ3v) is 5.52. The van der Waals surface area contributed by atoms with Crippen molar-refractivity contribution in [3.05, 3.63) is 53.6 Å². The van der Waals surface area contributed by atoms with E-state index in [1.807, 2.05) is 13.0 Å². The lowest BCUT2D eigenvalue weighted by molar-refractivity contribution is -0.117. The number of aromatic nitrogens is 2. The second-order valence-electron chi connectivity index (χ2n) is 8.04. The van der Waals surface area contributed by atoms with E-state index in [1.54, 1.807) is 38.4 Å². The van der Waals surface area contributed by atoms with Gasteiger partial charge in [0.15, 0.2) is 0 Å². The molecular formula is C25H33FN4O2. The molecule has 1 fully saturated rings. The number of nitrogens with one attached hydrogen (secondary N) is 2. The van der Waals surface area contributed by atoms with Crippen LogP contribution < -0.4 is 11.1 Å². The van der Waals surface area contributed by atoms with Crippen molar-refractivity contribution < 1.29 is 14.0 Å². The summed E-state index contributed by atoms with van der Waals surface area (Å²) in [5.74, 6) is 0.288. The monoisotopic (exact) mass is 440 g/mol. The highest BCUT2D eigenvalue weighted by Crippen LogP contribution is 2.28. The predicted molar refractivity (Wildman–Crippen MR) is 127 cm³/mol. The number of carbonyl (C=O) groups is 2. The van der Waals surface area contributed by atoms with Crippen LogP contribution in [0.25, 0.3) is 22.2 Å². The summed E-state index contributed by atoms with van der Waals surface area (Å²) in [5.41, 5.74) is 7.58. The Balaban J connectivity index is 0.000000272. The molecule has 0 atom stereocenters. The van der Waals surface area contributed by atoms with Crippen LogP contribution >= 0.6 is 0 Å². The number of H-pyrrole nitrogens is 1. The van der Waals surface area contributed by atoms with E-state index in [4.69, 9.17) is 0 Å². The molecule has 1 aliphatic rings. The highest BCUT2D eigenvalue weighted by atomic mass is 19.1. The molecule has 0 saturated heterocycles. The number of benzene rings is 1. The van der Waals surface area contributed by atoms with E-state index in [0.717, 1.165) is 17.0 Å². The van der Waals surface area contributed by atoms with Crippen molar-refractivity contribution in [2.75, 3.05) is 7.05 Å². The molecule has 1 aromatic carbocycles. The van der Waals surface area contributed by atoms with Crippen molar-refractivity contribution in [2.45, 2.75) is 52.9 Å². The lowest BCUT2D eigenvalue weighted by Crippen LogP contribution is -2.19. The number of hydrogen-bond donors (Lipinski definition) is 3. The van der Waals surface area contributed by atoms with E-state index in [1.165, 1.54) is 31.9 Å². The van der Waals surface area contributed by atoms with Crippen LogP contribution in [0.2, 0.25) is 0 Å². The molecule has 1 saturated carbocycles. The zero-order valence-corrected chi connectivity index (χ0v) is 19.3. The number of hydrogen-bond acceptors (Lipinski definition) is 3. The molecule has 172 valence electrons. The molecule has 32 heavy (non-hydrogen) atoms. The smallest absolute Gasteiger partial charge is 0.252 e. The standard InChI is InChI=1S/C16H14FN3O.C6H12.C3H7NO/c1-9-7-14(20-8-12(9)16(21)18-2)10-3-4-13-11(15(10)17)5-6-19-13;1-6-4-2-3-5-6;1-2-3(4)5/h3-8,19H,1-2H3,(H,18,21);6H,2-5H2,1H3;2H2,1H3,(H2,4,5). The Morgan fingerprint density at radius 1 is 1.25 bits per heavy atom. The van der Waals surface area contributed by atoms with Gasteiger partial charge in [0.05, 0.1) is 11.3 Å². The van der Waals surface area contributed by atoms with Gasteiger partial charge in [-0.15, -0.1) is 0 Å². The number of amides is 2. The Morgan fingerprint density at radius 2 is 1.91 bits per heavy atom. The van der Waals surface area contributed by atoms with Crippen LogP contribution in [0.3, 0.4) is 0 Å². The first-order chi connectivity index (χ1) is 15.3. The second-order valence-corrected chi connectivity index (χ2v) is 8.04. The first-order valence-electron chi connectivity index (χ1n) is 11.0. The Kier molecular flexibility index (Phi) is 9.38. The van der Waals surface area contributed by atoms with Crippen LogP contribution in [0.1, 0.15) is 61.9 Å². The van der Waals surface area contributed by atoms with Crippen LogP contribution in [0.4, 0.5) is 4.39 Å². The summed E-state index contributed by atoms with van der Waals surface area (Å²) in [4.78, 5) is 28.4. The molecule has 0 bridgehead atoms. The molecule has 4 N–H and O–H groups in total. The van der Waals surface area contributed by atoms with E-state index in [0.29, 0.717) is 28.6 Å². The van der Waals surface area contributed by atoms with Crippen LogP contribution in [0, 0.1) is 18.7 Å². The van der Waals surface area contributed by atoms with Crippen molar-refractivity contribution in [2.24, 2.45) is 11.7 Å². The normalized spacial score (nSPS) is 13.0. The van der Waals surface area contributed by atoms with Crippen molar-refractivity contribution in [3.8, 4) is 11.3 Å². The number of rotatable bonds is 3. The van der Waals surface area contributed by atoms with Gasteiger partial charge in [-0.25, -0.2) is 4.39 Å². The molecule has 7 heteroatoms. The molecule has 0 spiro atoms. The molecule has 0 radical (unpaired) electrons. The van der Waals surface area contributed by atoms with Crippen LogP contribution in [0.15, 0.2) is 36.7 Å². The molecule has 0 unspecified atom stereocenters. The van der Waals surface area contributed by atoms with E-state index < -0.39 is 0 Å². The quantitative estimate of drug-likeness (QED) is 0.527. The summed E-state index contributed by atoms with van der Waals surface area (Å²) in [6.07, 6.45) is 9.57. The van der Waals surface area contributed by atoms with Gasteiger partial charge in [-0.05, 0) is 42.7 Å². The summed E-state index contributed by atoms with van der Waals surface area (Å²) in [6, 6.07) is 6.92. The van der Waals surface area contributed by atoms with E-state index in [-0.39, 0.29) is 17.6 Å². The summed E-state index contributed by atoms with van der Waals surface area (Å²) in [6.45, 7) is 5.87. The lowest BCUT2D eigenvalue weighted by atomic mass is 10.0. The van der Waals surface area contributed by atoms with Gasteiger partial charge in [0, 0.05) is 42.3 Å². The maximum atomic E-state index is 14.5. The Labute approximate surface area is 188 Å². The van der Waals surface area contributed by atoms with Gasteiger partial charge in [-0.2, -0.15) is 0 Å². The van der Waals surface area contributed by atoms with Crippen molar-refractivity contribution >= 4 is 22.7 Å². The Hall–Kier alpha value is -3.22. The number of carbonyl (C=O) groups excluding carboxylic acids is 2. The van der Waals surface area contributed by atoms with Gasteiger partial charge in [-0.1, -0.05) is 39.5 Å². The molecule has 2 amide bonds. The number of pyridine rings is 1. The van der Waals surface area contributed by atoms with Crippen molar-refractivity contribution in [3.63, 3.8) is 0 Å². The fourth-order valence-corrected chi connectivity index (χ4v) is 3.50. The first kappa shape index (κ1) is 25.0. The third-order valence-electron chi connectivity index (χ3n) is 5.52. The average Bonchev–Trinajstić information content (AvgIpc) is 3.46. The van der Waals surface area contributed by atoms with Crippen LogP contribution in [0.5, 0.6) is 0 Å². The minimum absolute atomic E-state index is 0.201. The maximum Gasteiger partial charge on any atom is 0.252 e. The predicted octanol–water partition coefficient (Wildman–Crippen LogP) is 5.12. The highest BCUT2D eigenvalue weighted by molar-refractivity contribution is 5.95. The van der Waals surface area contributed by atoms with Gasteiger partial charge in [0.2, 0.25) is 5.91 Å². The fraction of sp³-hybridized carbons (Fsp3) is 0.400. The fourth-order valence-electron chi connectivity index (χ4n) is 3.50. The SMILES string of the molecule is CC1CCCC1.CCC(N)=O.CNC(=O)c1cnc(-c2ccc3[nH]ccc3c2F)cc1C. The molecular weight excluding hydrogens is 407 g/mol. The minimum atomic E-state index is -0.312. The maximum absolute atomic E-state index is 14.5. The molecule has 3 aromatic rings. The van der Waals surface area contributed by atoms with Gasteiger partial charge < -0.3 is 16.0 Å². The van der Waals surface area contributed by atoms with Gasteiger partial charge >= 0.3 is 0 Å². The Morgan fingerprint density at radius 3 is 2.41 bits per heavy atom. The summed E-state index contributed by atoms with van der Waals surface area (Å²) < 4.78 is 14.5. The number of nitrogens with zero attached hydrogens (tertiary/aromatic N) is 1. The second kappa shape index (κ2) is 12.0. The average molecular weight is 441 g/mol. The summed E-state index contributed by atoms with van der Waals surface area (Å²) >= 11 is 0. The van der Waals surface area contributed by atoms with E-state index >= 15 is 0 Å². The molecule has 1 aliphatic carbocycles. The number of aryl methyl sites for hydroxylation is 1. The zero-order valence-electron chi connectivity index (χ0n) is 19.3. The van der Waals surface area contributed by atoms with Gasteiger partial charge in [0.1, 0.15) is 5.82 Å². The molecule has 2 heterocycles. The van der Waals surface area contributed by atoms with Crippen LogP contribution in [-0.4, -0.2) is 28.8 Å². The summed E-state index contributed by atoms with van der Waals surface area (Å²) in [5, 5.41) is 3.09. The van der Waals surface area contributed by atoms with Gasteiger partial charge in [0.25, 0.3) is 5.91 Å². The van der Waals surface area contributed by atoms with Crippen LogP contribution in [-0.2, 0) is 4.79 Å².